The molecule has 0 saturated carbocycles. The number of carbonyl (C=O) groups excluding carboxylic acids is 1. The highest BCUT2D eigenvalue weighted by Crippen LogP contribution is 2.00. The molecule has 3 nitrogen and oxygen atoms in total. The molecule has 0 bridgehead atoms. The lowest BCUT2D eigenvalue weighted by Gasteiger charge is -2.11. The fourth-order valence-corrected chi connectivity index (χ4v) is 1.04. The lowest BCUT2D eigenvalue weighted by atomic mass is 10.1. The van der Waals surface area contributed by atoms with E-state index in [0.717, 1.165) is 19.3 Å². The van der Waals surface area contributed by atoms with Crippen molar-refractivity contribution in [2.75, 3.05) is 13.6 Å². The van der Waals surface area contributed by atoms with Crippen molar-refractivity contribution < 1.29 is 4.79 Å². The monoisotopic (exact) mass is 158 g/mol. The normalized spacial score (nSPS) is 13.0. The van der Waals surface area contributed by atoms with Crippen molar-refractivity contribution in [3.63, 3.8) is 0 Å². The molecule has 0 amide bonds. The molecule has 0 radical (unpaired) electrons. The van der Waals surface area contributed by atoms with Gasteiger partial charge in [-0.2, -0.15) is 0 Å². The Hall–Kier alpha value is -0.410. The number of nitrogens with two attached hydrogens (primary N) is 1. The number of nitrogens with one attached hydrogen (secondary N) is 1. The average Bonchev–Trinajstić information content (AvgIpc) is 1.97. The fourth-order valence-electron chi connectivity index (χ4n) is 1.04. The zero-order valence-corrected chi connectivity index (χ0v) is 7.39. The van der Waals surface area contributed by atoms with Crippen LogP contribution in [0.2, 0.25) is 0 Å². The van der Waals surface area contributed by atoms with E-state index in [9.17, 15) is 4.79 Å². The minimum Gasteiger partial charge on any atom is -0.330 e. The van der Waals surface area contributed by atoms with Crippen LogP contribution in [0.1, 0.15) is 26.2 Å². The van der Waals surface area contributed by atoms with Crippen LogP contribution < -0.4 is 11.1 Å². The second-order valence-electron chi connectivity index (χ2n) is 2.74. The quantitative estimate of drug-likeness (QED) is 0.546. The SMILES string of the molecule is CN[C@H](CCCCN)C(C)=O. The standard InChI is InChI=1S/C8H18N2O/c1-7(11)8(10-2)5-3-4-6-9/h8,10H,3-6,9H2,1-2H3/t8-/m1/s1. The van der Waals surface area contributed by atoms with Crippen molar-refractivity contribution in [3.05, 3.63) is 0 Å². The molecule has 0 aliphatic heterocycles. The van der Waals surface area contributed by atoms with Gasteiger partial charge in [0.1, 0.15) is 5.78 Å². The van der Waals surface area contributed by atoms with E-state index in [1.807, 2.05) is 7.05 Å². The molecular weight excluding hydrogens is 140 g/mol. The molecule has 0 aliphatic rings. The van der Waals surface area contributed by atoms with Crippen molar-refractivity contribution in [2.24, 2.45) is 5.73 Å². The predicted octanol–water partition coefficient (Wildman–Crippen LogP) is 0.292. The molecule has 1 atom stereocenters. The van der Waals surface area contributed by atoms with Crippen LogP contribution in [0, 0.1) is 0 Å². The third kappa shape index (κ3) is 4.93. The minimum atomic E-state index is 0.0292. The first-order valence-corrected chi connectivity index (χ1v) is 4.10. The zero-order chi connectivity index (χ0) is 8.69. The smallest absolute Gasteiger partial charge is 0.146 e. The van der Waals surface area contributed by atoms with E-state index in [1.54, 1.807) is 6.92 Å². The summed E-state index contributed by atoms with van der Waals surface area (Å²) in [6.45, 7) is 2.33. The van der Waals surface area contributed by atoms with Gasteiger partial charge in [-0.3, -0.25) is 4.79 Å². The van der Waals surface area contributed by atoms with Crippen LogP contribution in [0.25, 0.3) is 0 Å². The van der Waals surface area contributed by atoms with Crippen LogP contribution in [0.4, 0.5) is 0 Å². The van der Waals surface area contributed by atoms with Crippen LogP contribution in [-0.2, 0) is 4.79 Å². The Morgan fingerprint density at radius 2 is 2.18 bits per heavy atom. The Balaban J connectivity index is 3.44. The third-order valence-corrected chi connectivity index (χ3v) is 1.79. The minimum absolute atomic E-state index is 0.0292. The highest BCUT2D eigenvalue weighted by molar-refractivity contribution is 5.81. The summed E-state index contributed by atoms with van der Waals surface area (Å²) in [5, 5.41) is 2.97. The molecule has 0 aromatic rings. The number of rotatable bonds is 6. The first kappa shape index (κ1) is 10.6. The van der Waals surface area contributed by atoms with Crippen molar-refractivity contribution in [1.29, 1.82) is 0 Å². The zero-order valence-electron chi connectivity index (χ0n) is 7.39. The number of Topliss-reactive ketones (excluding diaryl/α,β-unsaturated/α-hetero) is 1. The van der Waals surface area contributed by atoms with E-state index in [-0.39, 0.29) is 11.8 Å². The Kier molecular flexibility index (Phi) is 6.07. The van der Waals surface area contributed by atoms with Gasteiger partial charge in [0.2, 0.25) is 0 Å². The summed E-state index contributed by atoms with van der Waals surface area (Å²) in [6, 6.07) is 0.0292. The molecular formula is C8H18N2O. The summed E-state index contributed by atoms with van der Waals surface area (Å²) in [5.41, 5.74) is 5.33. The molecule has 0 heterocycles. The van der Waals surface area contributed by atoms with Gasteiger partial charge < -0.3 is 11.1 Å². The Morgan fingerprint density at radius 3 is 2.55 bits per heavy atom. The van der Waals surface area contributed by atoms with Gasteiger partial charge in [-0.15, -0.1) is 0 Å². The van der Waals surface area contributed by atoms with Crippen LogP contribution in [0.15, 0.2) is 0 Å². The van der Waals surface area contributed by atoms with E-state index in [0.29, 0.717) is 6.54 Å². The highest BCUT2D eigenvalue weighted by Gasteiger charge is 2.09. The molecule has 0 aromatic carbocycles. The van der Waals surface area contributed by atoms with Gasteiger partial charge in [0.25, 0.3) is 0 Å². The second kappa shape index (κ2) is 6.31. The van der Waals surface area contributed by atoms with Gasteiger partial charge in [-0.1, -0.05) is 6.42 Å². The second-order valence-corrected chi connectivity index (χ2v) is 2.74. The summed E-state index contributed by atoms with van der Waals surface area (Å²) in [7, 11) is 1.81. The van der Waals surface area contributed by atoms with E-state index in [2.05, 4.69) is 5.32 Å². The molecule has 11 heavy (non-hydrogen) atoms. The Labute approximate surface area is 68.3 Å². The molecule has 0 fully saturated rings. The van der Waals surface area contributed by atoms with Crippen LogP contribution in [-0.4, -0.2) is 25.4 Å². The summed E-state index contributed by atoms with van der Waals surface area (Å²) in [5.74, 6) is 0.213. The predicted molar refractivity (Wildman–Crippen MR) is 46.4 cm³/mol. The molecule has 66 valence electrons. The molecule has 0 saturated heterocycles. The third-order valence-electron chi connectivity index (χ3n) is 1.79. The number of hydrogen-bond donors (Lipinski definition) is 2. The maximum atomic E-state index is 10.9. The highest BCUT2D eigenvalue weighted by atomic mass is 16.1. The van der Waals surface area contributed by atoms with Gasteiger partial charge in [0.05, 0.1) is 6.04 Å². The molecule has 3 heteroatoms. The summed E-state index contributed by atoms with van der Waals surface area (Å²) < 4.78 is 0. The summed E-state index contributed by atoms with van der Waals surface area (Å²) in [6.07, 6.45) is 2.94. The average molecular weight is 158 g/mol. The lowest BCUT2D eigenvalue weighted by molar-refractivity contribution is -0.119. The van der Waals surface area contributed by atoms with Crippen LogP contribution >= 0.6 is 0 Å². The van der Waals surface area contributed by atoms with Gasteiger partial charge in [-0.25, -0.2) is 0 Å². The molecule has 0 aromatic heterocycles. The van der Waals surface area contributed by atoms with Crippen molar-refractivity contribution in [3.8, 4) is 0 Å². The number of likely N-dealkylation sites (N-methyl/N-ethyl adjacent to an activating group) is 1. The lowest BCUT2D eigenvalue weighted by Crippen LogP contribution is -2.32. The van der Waals surface area contributed by atoms with Gasteiger partial charge in [0, 0.05) is 0 Å². The van der Waals surface area contributed by atoms with Gasteiger partial charge >= 0.3 is 0 Å². The van der Waals surface area contributed by atoms with Crippen molar-refractivity contribution in [2.45, 2.75) is 32.2 Å². The number of unbranched alkanes of at least 4 members (excludes halogenated alkanes) is 1. The van der Waals surface area contributed by atoms with Crippen molar-refractivity contribution in [1.82, 2.24) is 5.32 Å². The summed E-state index contributed by atoms with van der Waals surface area (Å²) >= 11 is 0. The van der Waals surface area contributed by atoms with Gasteiger partial charge in [-0.05, 0) is 33.4 Å². The maximum Gasteiger partial charge on any atom is 0.146 e. The fraction of sp³-hybridized carbons (Fsp3) is 0.875. The van der Waals surface area contributed by atoms with E-state index in [4.69, 9.17) is 5.73 Å². The molecule has 0 unspecified atom stereocenters. The topological polar surface area (TPSA) is 55.1 Å². The Bertz CT molecular complexity index is 115. The molecule has 0 aliphatic carbocycles. The number of hydrogen-bond acceptors (Lipinski definition) is 3. The number of carbonyl (C=O) groups is 1. The molecule has 0 rings (SSSR count). The van der Waals surface area contributed by atoms with Gasteiger partial charge in [0.15, 0.2) is 0 Å². The maximum absolute atomic E-state index is 10.9. The Morgan fingerprint density at radius 1 is 1.55 bits per heavy atom. The van der Waals surface area contributed by atoms with E-state index in [1.165, 1.54) is 0 Å². The van der Waals surface area contributed by atoms with E-state index >= 15 is 0 Å². The first-order chi connectivity index (χ1) is 5.22. The van der Waals surface area contributed by atoms with Crippen molar-refractivity contribution >= 4 is 5.78 Å². The largest absolute Gasteiger partial charge is 0.330 e. The summed E-state index contributed by atoms with van der Waals surface area (Å²) in [4.78, 5) is 10.9. The van der Waals surface area contributed by atoms with E-state index < -0.39 is 0 Å². The molecule has 3 N–H and O–H groups in total. The van der Waals surface area contributed by atoms with Crippen LogP contribution in [0.3, 0.4) is 0 Å². The van der Waals surface area contributed by atoms with Crippen LogP contribution in [0.5, 0.6) is 0 Å². The first-order valence-electron chi connectivity index (χ1n) is 4.10. The molecule has 0 spiro atoms. The number of ketones is 1.